The molecular weight excluding hydrogens is 336 g/mol. The zero-order chi connectivity index (χ0) is 16.7. The van der Waals surface area contributed by atoms with E-state index in [4.69, 9.17) is 5.14 Å². The molecule has 1 aliphatic heterocycles. The first-order valence-electron chi connectivity index (χ1n) is 6.98. The summed E-state index contributed by atoms with van der Waals surface area (Å²) in [6.07, 6.45) is 0.534. The molecular formula is C15H16N2O4S2. The van der Waals surface area contributed by atoms with Crippen molar-refractivity contribution >= 4 is 20.0 Å². The molecule has 3 rings (SSSR count). The Balaban J connectivity index is 1.97. The highest BCUT2D eigenvalue weighted by atomic mass is 32.2. The van der Waals surface area contributed by atoms with Crippen LogP contribution in [0.15, 0.2) is 58.3 Å². The Labute approximate surface area is 135 Å². The molecule has 1 heterocycles. The number of fused-ring (bicyclic) bond motifs is 1. The topological polar surface area (TPSA) is 97.5 Å². The Morgan fingerprint density at radius 2 is 1.57 bits per heavy atom. The van der Waals surface area contributed by atoms with E-state index in [1.54, 1.807) is 36.4 Å². The predicted octanol–water partition coefficient (Wildman–Crippen LogP) is 1.08. The molecule has 2 aromatic carbocycles. The van der Waals surface area contributed by atoms with Crippen LogP contribution in [-0.4, -0.2) is 27.7 Å². The molecule has 23 heavy (non-hydrogen) atoms. The molecule has 0 aliphatic carbocycles. The normalized spacial score (nSPS) is 16.0. The molecule has 0 unspecified atom stereocenters. The molecule has 0 amide bonds. The van der Waals surface area contributed by atoms with Crippen molar-refractivity contribution in [1.29, 1.82) is 0 Å². The van der Waals surface area contributed by atoms with Gasteiger partial charge in [0.25, 0.3) is 0 Å². The van der Waals surface area contributed by atoms with Crippen LogP contribution in [0.4, 0.5) is 0 Å². The van der Waals surface area contributed by atoms with E-state index in [0.29, 0.717) is 18.5 Å². The van der Waals surface area contributed by atoms with E-state index in [0.717, 1.165) is 5.56 Å². The van der Waals surface area contributed by atoms with Gasteiger partial charge in [0.05, 0.1) is 9.79 Å². The minimum absolute atomic E-state index is 0.00444. The van der Waals surface area contributed by atoms with Crippen LogP contribution >= 0.6 is 0 Å². The molecule has 2 N–H and O–H groups in total. The number of hydrogen-bond acceptors (Lipinski definition) is 4. The minimum Gasteiger partial charge on any atom is -0.225 e. The Hall–Kier alpha value is -1.74. The Kier molecular flexibility index (Phi) is 4.01. The van der Waals surface area contributed by atoms with Crippen LogP contribution in [0.3, 0.4) is 0 Å². The van der Waals surface area contributed by atoms with E-state index in [9.17, 15) is 16.8 Å². The van der Waals surface area contributed by atoms with Crippen molar-refractivity contribution in [3.05, 3.63) is 59.7 Å². The molecule has 0 saturated heterocycles. The van der Waals surface area contributed by atoms with Gasteiger partial charge < -0.3 is 0 Å². The number of benzene rings is 2. The summed E-state index contributed by atoms with van der Waals surface area (Å²) in [7, 11) is -7.41. The molecule has 122 valence electrons. The summed E-state index contributed by atoms with van der Waals surface area (Å²) in [4.78, 5) is 0.223. The van der Waals surface area contributed by atoms with Gasteiger partial charge in [0, 0.05) is 13.1 Å². The van der Waals surface area contributed by atoms with Crippen molar-refractivity contribution in [3.63, 3.8) is 0 Å². The monoisotopic (exact) mass is 352 g/mol. The third kappa shape index (κ3) is 3.16. The van der Waals surface area contributed by atoms with Gasteiger partial charge in [-0.15, -0.1) is 0 Å². The van der Waals surface area contributed by atoms with Gasteiger partial charge in [-0.2, -0.15) is 4.31 Å². The lowest BCUT2D eigenvalue weighted by molar-refractivity contribution is 0.391. The van der Waals surface area contributed by atoms with E-state index in [2.05, 4.69) is 0 Å². The Bertz CT molecular complexity index is 939. The first-order valence-corrected chi connectivity index (χ1v) is 9.97. The SMILES string of the molecule is NS(=O)(=O)c1ccc2c(c1)CN(S(=O)(=O)c1ccccc1)CC2. The summed E-state index contributed by atoms with van der Waals surface area (Å²) in [6, 6.07) is 12.8. The number of nitrogens with two attached hydrogens (primary N) is 1. The van der Waals surface area contributed by atoms with Crippen molar-refractivity contribution in [3.8, 4) is 0 Å². The zero-order valence-electron chi connectivity index (χ0n) is 12.2. The number of primary sulfonamides is 1. The van der Waals surface area contributed by atoms with Crippen molar-refractivity contribution in [2.24, 2.45) is 5.14 Å². The lowest BCUT2D eigenvalue weighted by atomic mass is 10.0. The zero-order valence-corrected chi connectivity index (χ0v) is 13.8. The van der Waals surface area contributed by atoms with Gasteiger partial charge in [0.15, 0.2) is 0 Å². The fourth-order valence-corrected chi connectivity index (χ4v) is 4.64. The van der Waals surface area contributed by atoms with Crippen LogP contribution in [0.5, 0.6) is 0 Å². The van der Waals surface area contributed by atoms with Gasteiger partial charge in [-0.05, 0) is 41.8 Å². The quantitative estimate of drug-likeness (QED) is 0.894. The van der Waals surface area contributed by atoms with Crippen LogP contribution in [0.2, 0.25) is 0 Å². The average molecular weight is 352 g/mol. The molecule has 0 aromatic heterocycles. The molecule has 0 saturated carbocycles. The van der Waals surface area contributed by atoms with Crippen LogP contribution < -0.4 is 5.14 Å². The summed E-state index contributed by atoms with van der Waals surface area (Å²) >= 11 is 0. The summed E-state index contributed by atoms with van der Waals surface area (Å²) in [5.74, 6) is 0. The highest BCUT2D eigenvalue weighted by Crippen LogP contribution is 2.26. The molecule has 8 heteroatoms. The molecule has 0 spiro atoms. The fraction of sp³-hybridized carbons (Fsp3) is 0.200. The lowest BCUT2D eigenvalue weighted by Gasteiger charge is -2.28. The maximum atomic E-state index is 12.7. The third-order valence-electron chi connectivity index (χ3n) is 3.86. The maximum absolute atomic E-state index is 12.7. The van der Waals surface area contributed by atoms with Crippen molar-refractivity contribution in [1.82, 2.24) is 4.31 Å². The van der Waals surface area contributed by atoms with Gasteiger partial charge in [-0.3, -0.25) is 0 Å². The summed E-state index contributed by atoms with van der Waals surface area (Å²) in [5.41, 5.74) is 1.61. The smallest absolute Gasteiger partial charge is 0.225 e. The van der Waals surface area contributed by atoms with Crippen LogP contribution in [0.1, 0.15) is 11.1 Å². The first-order chi connectivity index (χ1) is 10.8. The number of sulfonamides is 2. The highest BCUT2D eigenvalue weighted by Gasteiger charge is 2.28. The van der Waals surface area contributed by atoms with Gasteiger partial charge in [0.2, 0.25) is 20.0 Å². The van der Waals surface area contributed by atoms with Crippen molar-refractivity contribution < 1.29 is 16.8 Å². The largest absolute Gasteiger partial charge is 0.243 e. The molecule has 0 fully saturated rings. The first kappa shape index (κ1) is 16.1. The minimum atomic E-state index is -3.81. The number of rotatable bonds is 3. The fourth-order valence-electron chi connectivity index (χ4n) is 2.63. The third-order valence-corrected chi connectivity index (χ3v) is 6.63. The Morgan fingerprint density at radius 1 is 0.870 bits per heavy atom. The molecule has 6 nitrogen and oxygen atoms in total. The second-order valence-electron chi connectivity index (χ2n) is 5.38. The van der Waals surface area contributed by atoms with Crippen LogP contribution in [0.25, 0.3) is 0 Å². The molecule has 2 aromatic rings. The van der Waals surface area contributed by atoms with Gasteiger partial charge in [0.1, 0.15) is 0 Å². The van der Waals surface area contributed by atoms with E-state index < -0.39 is 20.0 Å². The highest BCUT2D eigenvalue weighted by molar-refractivity contribution is 7.89. The van der Waals surface area contributed by atoms with Crippen molar-refractivity contribution in [2.45, 2.75) is 22.8 Å². The number of hydrogen-bond donors (Lipinski definition) is 1. The summed E-state index contributed by atoms with van der Waals surface area (Å²) in [6.45, 7) is 0.495. The van der Waals surface area contributed by atoms with Gasteiger partial charge in [-0.25, -0.2) is 22.0 Å². The van der Waals surface area contributed by atoms with E-state index in [-0.39, 0.29) is 16.3 Å². The lowest BCUT2D eigenvalue weighted by Crippen LogP contribution is -2.36. The molecule has 0 radical (unpaired) electrons. The molecule has 0 atom stereocenters. The van der Waals surface area contributed by atoms with Gasteiger partial charge >= 0.3 is 0 Å². The predicted molar refractivity (Wildman–Crippen MR) is 85.6 cm³/mol. The molecule has 0 bridgehead atoms. The Morgan fingerprint density at radius 3 is 2.22 bits per heavy atom. The van der Waals surface area contributed by atoms with Crippen LogP contribution in [0, 0.1) is 0 Å². The molecule has 1 aliphatic rings. The average Bonchev–Trinajstić information content (AvgIpc) is 2.53. The van der Waals surface area contributed by atoms with Crippen molar-refractivity contribution in [2.75, 3.05) is 6.54 Å². The second kappa shape index (κ2) is 5.72. The van der Waals surface area contributed by atoms with E-state index in [1.807, 2.05) is 0 Å². The van der Waals surface area contributed by atoms with E-state index >= 15 is 0 Å². The maximum Gasteiger partial charge on any atom is 0.243 e. The standard InChI is InChI=1S/C15H16N2O4S2/c16-22(18,19)15-7-6-12-8-9-17(11-13(12)10-15)23(20,21)14-4-2-1-3-5-14/h1-7,10H,8-9,11H2,(H2,16,18,19). The summed E-state index contributed by atoms with van der Waals surface area (Å²) in [5, 5.41) is 5.14. The second-order valence-corrected chi connectivity index (χ2v) is 8.88. The van der Waals surface area contributed by atoms with Crippen LogP contribution in [-0.2, 0) is 33.0 Å². The number of nitrogens with zero attached hydrogens (tertiary/aromatic N) is 1. The van der Waals surface area contributed by atoms with Gasteiger partial charge in [-0.1, -0.05) is 24.3 Å². The van der Waals surface area contributed by atoms with E-state index in [1.165, 1.54) is 16.4 Å². The summed E-state index contributed by atoms with van der Waals surface area (Å²) < 4.78 is 49.6.